The minimum Gasteiger partial charge on any atom is -0.478 e. The molecule has 0 aliphatic heterocycles. The molecule has 1 heterocycles. The zero-order valence-electron chi connectivity index (χ0n) is 9.61. The number of anilines is 1. The van der Waals surface area contributed by atoms with E-state index in [1.54, 1.807) is 0 Å². The third-order valence-electron chi connectivity index (χ3n) is 3.30. The molecular weight excluding hydrogens is 240 g/mol. The molecule has 0 saturated heterocycles. The standard InChI is InChI=1S/C12H15ClN2O2/c1-7-3-2-4-9(7)15-11-10(13)8(12(16)17)5-6-14-11/h5-7,9H,2-4H2,1H3,(H,14,15)(H,16,17). The maximum atomic E-state index is 10.9. The van der Waals surface area contributed by atoms with E-state index in [0.717, 1.165) is 6.42 Å². The van der Waals surface area contributed by atoms with E-state index in [0.29, 0.717) is 17.8 Å². The Morgan fingerprint density at radius 3 is 2.94 bits per heavy atom. The van der Waals surface area contributed by atoms with E-state index in [2.05, 4.69) is 17.2 Å². The van der Waals surface area contributed by atoms with Crippen molar-refractivity contribution in [3.8, 4) is 0 Å². The number of carboxylic acid groups (broad SMARTS) is 1. The van der Waals surface area contributed by atoms with Gasteiger partial charge in [0.05, 0.1) is 10.6 Å². The fraction of sp³-hybridized carbons (Fsp3) is 0.500. The van der Waals surface area contributed by atoms with Gasteiger partial charge in [-0.1, -0.05) is 24.9 Å². The second-order valence-electron chi connectivity index (χ2n) is 4.49. The van der Waals surface area contributed by atoms with Gasteiger partial charge in [0.25, 0.3) is 0 Å². The summed E-state index contributed by atoms with van der Waals surface area (Å²) in [4.78, 5) is 15.0. The van der Waals surface area contributed by atoms with Crippen molar-refractivity contribution in [3.63, 3.8) is 0 Å². The number of pyridine rings is 1. The molecule has 1 aliphatic carbocycles. The van der Waals surface area contributed by atoms with Crippen molar-refractivity contribution in [2.24, 2.45) is 5.92 Å². The number of nitrogens with one attached hydrogen (secondary N) is 1. The lowest BCUT2D eigenvalue weighted by molar-refractivity contribution is 0.0697. The molecule has 1 aromatic heterocycles. The van der Waals surface area contributed by atoms with Crippen LogP contribution in [0.15, 0.2) is 12.3 Å². The van der Waals surface area contributed by atoms with Crippen LogP contribution in [0.25, 0.3) is 0 Å². The number of hydrogen-bond acceptors (Lipinski definition) is 3. The highest BCUT2D eigenvalue weighted by atomic mass is 35.5. The molecule has 17 heavy (non-hydrogen) atoms. The Hall–Kier alpha value is -1.29. The molecule has 1 aliphatic rings. The minimum atomic E-state index is -1.03. The number of carbonyl (C=O) groups is 1. The Labute approximate surface area is 105 Å². The fourth-order valence-electron chi connectivity index (χ4n) is 2.25. The lowest BCUT2D eigenvalue weighted by atomic mass is 10.1. The molecule has 0 radical (unpaired) electrons. The van der Waals surface area contributed by atoms with Crippen LogP contribution in [0.5, 0.6) is 0 Å². The van der Waals surface area contributed by atoms with Gasteiger partial charge in [0.2, 0.25) is 0 Å². The smallest absolute Gasteiger partial charge is 0.337 e. The maximum Gasteiger partial charge on any atom is 0.337 e. The van der Waals surface area contributed by atoms with Gasteiger partial charge in [-0.2, -0.15) is 0 Å². The number of aromatic nitrogens is 1. The molecule has 2 rings (SSSR count). The minimum absolute atomic E-state index is 0.0924. The predicted molar refractivity (Wildman–Crippen MR) is 66.6 cm³/mol. The topological polar surface area (TPSA) is 62.2 Å². The van der Waals surface area contributed by atoms with Crippen molar-refractivity contribution in [1.82, 2.24) is 4.98 Å². The fourth-order valence-corrected chi connectivity index (χ4v) is 2.49. The summed E-state index contributed by atoms with van der Waals surface area (Å²) in [5, 5.41) is 12.4. The molecule has 2 N–H and O–H groups in total. The van der Waals surface area contributed by atoms with E-state index in [-0.39, 0.29) is 10.6 Å². The number of nitrogens with zero attached hydrogens (tertiary/aromatic N) is 1. The van der Waals surface area contributed by atoms with E-state index >= 15 is 0 Å². The van der Waals surface area contributed by atoms with Crippen LogP contribution in [0.2, 0.25) is 5.02 Å². The van der Waals surface area contributed by atoms with Crippen LogP contribution >= 0.6 is 11.6 Å². The molecule has 5 heteroatoms. The molecule has 1 fully saturated rings. The lowest BCUT2D eigenvalue weighted by Crippen LogP contribution is -2.23. The van der Waals surface area contributed by atoms with Crippen LogP contribution in [0, 0.1) is 5.92 Å². The van der Waals surface area contributed by atoms with Crippen molar-refractivity contribution in [2.45, 2.75) is 32.2 Å². The second-order valence-corrected chi connectivity index (χ2v) is 4.86. The highest BCUT2D eigenvalue weighted by molar-refractivity contribution is 6.35. The third-order valence-corrected chi connectivity index (χ3v) is 3.69. The second kappa shape index (κ2) is 4.92. The van der Waals surface area contributed by atoms with Crippen LogP contribution in [0.3, 0.4) is 0 Å². The van der Waals surface area contributed by atoms with Gasteiger partial charge in [-0.15, -0.1) is 0 Å². The van der Waals surface area contributed by atoms with Crippen molar-refractivity contribution in [1.29, 1.82) is 0 Å². The average Bonchev–Trinajstić information content (AvgIpc) is 2.67. The van der Waals surface area contributed by atoms with E-state index in [1.165, 1.54) is 25.1 Å². The monoisotopic (exact) mass is 254 g/mol. The first kappa shape index (κ1) is 12.2. The van der Waals surface area contributed by atoms with Gasteiger partial charge in [0.1, 0.15) is 5.82 Å². The summed E-state index contributed by atoms with van der Waals surface area (Å²) in [5.41, 5.74) is 0.0924. The molecule has 0 spiro atoms. The first-order valence-corrected chi connectivity index (χ1v) is 6.11. The van der Waals surface area contributed by atoms with E-state index < -0.39 is 5.97 Å². The van der Waals surface area contributed by atoms with Gasteiger partial charge in [0.15, 0.2) is 0 Å². The van der Waals surface area contributed by atoms with Gasteiger partial charge >= 0.3 is 5.97 Å². The molecule has 2 unspecified atom stereocenters. The number of halogens is 1. The normalized spacial score (nSPS) is 23.6. The summed E-state index contributed by atoms with van der Waals surface area (Å²) >= 11 is 6.02. The van der Waals surface area contributed by atoms with E-state index in [1.807, 2.05) is 0 Å². The molecular formula is C12H15ClN2O2. The molecule has 0 amide bonds. The van der Waals surface area contributed by atoms with Crippen LogP contribution in [0.1, 0.15) is 36.5 Å². The van der Waals surface area contributed by atoms with Gasteiger partial charge in [0, 0.05) is 12.2 Å². The highest BCUT2D eigenvalue weighted by Crippen LogP contribution is 2.30. The van der Waals surface area contributed by atoms with Crippen LogP contribution < -0.4 is 5.32 Å². The number of rotatable bonds is 3. The Morgan fingerprint density at radius 1 is 1.59 bits per heavy atom. The molecule has 4 nitrogen and oxygen atoms in total. The van der Waals surface area contributed by atoms with Crippen molar-refractivity contribution in [2.75, 3.05) is 5.32 Å². The summed E-state index contributed by atoms with van der Waals surface area (Å²) in [5.74, 6) is 0.0200. The first-order valence-electron chi connectivity index (χ1n) is 5.74. The Kier molecular flexibility index (Phi) is 3.52. The average molecular weight is 255 g/mol. The largest absolute Gasteiger partial charge is 0.478 e. The number of hydrogen-bond donors (Lipinski definition) is 2. The van der Waals surface area contributed by atoms with Gasteiger partial charge in [-0.05, 0) is 24.8 Å². The van der Waals surface area contributed by atoms with Crippen molar-refractivity contribution in [3.05, 3.63) is 22.8 Å². The summed E-state index contributed by atoms with van der Waals surface area (Å²) in [6, 6.07) is 1.75. The SMILES string of the molecule is CC1CCCC1Nc1nccc(C(=O)O)c1Cl. The van der Waals surface area contributed by atoms with Crippen molar-refractivity contribution >= 4 is 23.4 Å². The quantitative estimate of drug-likeness (QED) is 0.870. The van der Waals surface area contributed by atoms with E-state index in [9.17, 15) is 4.79 Å². The predicted octanol–water partition coefficient (Wildman–Crippen LogP) is 3.03. The summed E-state index contributed by atoms with van der Waals surface area (Å²) in [6.07, 6.45) is 4.93. The highest BCUT2D eigenvalue weighted by Gasteiger charge is 2.24. The number of carboxylic acids is 1. The third kappa shape index (κ3) is 2.52. The van der Waals surface area contributed by atoms with E-state index in [4.69, 9.17) is 16.7 Å². The number of aromatic carboxylic acids is 1. The molecule has 2 atom stereocenters. The summed E-state index contributed by atoms with van der Waals surface area (Å²) in [7, 11) is 0. The van der Waals surface area contributed by atoms with Crippen LogP contribution in [0.4, 0.5) is 5.82 Å². The maximum absolute atomic E-state index is 10.9. The zero-order valence-corrected chi connectivity index (χ0v) is 10.4. The van der Waals surface area contributed by atoms with Gasteiger partial charge in [-0.3, -0.25) is 0 Å². The van der Waals surface area contributed by atoms with Crippen molar-refractivity contribution < 1.29 is 9.90 Å². The first-order chi connectivity index (χ1) is 8.09. The van der Waals surface area contributed by atoms with Gasteiger partial charge < -0.3 is 10.4 Å². The Balaban J connectivity index is 2.21. The summed E-state index contributed by atoms with van der Waals surface area (Å²) in [6.45, 7) is 2.18. The zero-order chi connectivity index (χ0) is 12.4. The Morgan fingerprint density at radius 2 is 2.35 bits per heavy atom. The molecule has 1 aromatic rings. The lowest BCUT2D eigenvalue weighted by Gasteiger charge is -2.19. The van der Waals surface area contributed by atoms with Crippen LogP contribution in [-0.4, -0.2) is 22.1 Å². The summed E-state index contributed by atoms with van der Waals surface area (Å²) < 4.78 is 0. The van der Waals surface area contributed by atoms with Crippen LogP contribution in [-0.2, 0) is 0 Å². The Bertz CT molecular complexity index is 437. The van der Waals surface area contributed by atoms with Gasteiger partial charge in [-0.25, -0.2) is 9.78 Å². The molecule has 0 aromatic carbocycles. The molecule has 0 bridgehead atoms. The molecule has 92 valence electrons. The molecule has 1 saturated carbocycles.